The number of nitrogens with zero attached hydrogens (tertiary/aromatic N) is 1. The first kappa shape index (κ1) is 18.5. The average Bonchev–Trinajstić information content (AvgIpc) is 2.69. The minimum absolute atomic E-state index is 0.00194. The zero-order valence-corrected chi connectivity index (χ0v) is 15.7. The van der Waals surface area contributed by atoms with Crippen molar-refractivity contribution in [2.24, 2.45) is 5.92 Å². The highest BCUT2D eigenvalue weighted by Crippen LogP contribution is 2.21. The number of hydrogen-bond donors (Lipinski definition) is 1. The van der Waals surface area contributed by atoms with Crippen LogP contribution < -0.4 is 10.1 Å². The van der Waals surface area contributed by atoms with E-state index in [0.29, 0.717) is 0 Å². The number of likely N-dealkylation sites (tertiary alicyclic amines) is 1. The van der Waals surface area contributed by atoms with Crippen LogP contribution >= 0.6 is 0 Å². The van der Waals surface area contributed by atoms with E-state index < -0.39 is 0 Å². The van der Waals surface area contributed by atoms with Crippen LogP contribution in [0.25, 0.3) is 0 Å². The summed E-state index contributed by atoms with van der Waals surface area (Å²) in [5.74, 6) is 1.05. The van der Waals surface area contributed by atoms with E-state index in [0.717, 1.165) is 43.8 Å². The predicted molar refractivity (Wildman–Crippen MR) is 104 cm³/mol. The summed E-state index contributed by atoms with van der Waals surface area (Å²) in [6.07, 6.45) is 2.04. The topological polar surface area (TPSA) is 41.6 Å². The van der Waals surface area contributed by atoms with Crippen molar-refractivity contribution >= 4 is 5.91 Å². The number of nitrogens with one attached hydrogen (secondary N) is 1. The van der Waals surface area contributed by atoms with Crippen LogP contribution in [0, 0.1) is 5.92 Å². The molecule has 0 radical (unpaired) electrons. The van der Waals surface area contributed by atoms with Crippen LogP contribution in [0.4, 0.5) is 0 Å². The molecule has 1 amide bonds. The van der Waals surface area contributed by atoms with Crippen molar-refractivity contribution in [2.45, 2.75) is 32.4 Å². The fourth-order valence-electron chi connectivity index (χ4n) is 3.56. The van der Waals surface area contributed by atoms with Gasteiger partial charge in [-0.15, -0.1) is 0 Å². The second kappa shape index (κ2) is 8.86. The zero-order chi connectivity index (χ0) is 18.4. The van der Waals surface area contributed by atoms with E-state index in [4.69, 9.17) is 4.74 Å². The van der Waals surface area contributed by atoms with Crippen molar-refractivity contribution in [3.63, 3.8) is 0 Å². The summed E-state index contributed by atoms with van der Waals surface area (Å²) in [4.78, 5) is 15.1. The Kier molecular flexibility index (Phi) is 6.29. The van der Waals surface area contributed by atoms with Crippen LogP contribution in [-0.4, -0.2) is 31.0 Å². The van der Waals surface area contributed by atoms with Crippen LogP contribution in [0.1, 0.15) is 36.9 Å². The Labute approximate surface area is 156 Å². The van der Waals surface area contributed by atoms with E-state index >= 15 is 0 Å². The maximum absolute atomic E-state index is 12.7. The van der Waals surface area contributed by atoms with E-state index in [1.807, 2.05) is 37.3 Å². The normalized spacial score (nSPS) is 18.9. The molecule has 1 saturated heterocycles. The lowest BCUT2D eigenvalue weighted by Gasteiger charge is -2.32. The van der Waals surface area contributed by atoms with Gasteiger partial charge in [-0.3, -0.25) is 9.69 Å². The van der Waals surface area contributed by atoms with Crippen molar-refractivity contribution in [1.29, 1.82) is 0 Å². The molecule has 2 atom stereocenters. The molecule has 0 unspecified atom stereocenters. The molecule has 1 N–H and O–H groups in total. The molecule has 1 aliphatic rings. The number of methoxy groups -OCH3 is 1. The van der Waals surface area contributed by atoms with Crippen LogP contribution in [0.5, 0.6) is 5.75 Å². The fraction of sp³-hybridized carbons (Fsp3) is 0.409. The Morgan fingerprint density at radius 2 is 1.92 bits per heavy atom. The second-order valence-electron chi connectivity index (χ2n) is 7.06. The molecule has 2 aromatic carbocycles. The molecule has 2 aromatic rings. The summed E-state index contributed by atoms with van der Waals surface area (Å²) in [7, 11) is 1.66. The van der Waals surface area contributed by atoms with Gasteiger partial charge in [0.05, 0.1) is 19.1 Å². The van der Waals surface area contributed by atoms with Gasteiger partial charge in [-0.25, -0.2) is 0 Å². The van der Waals surface area contributed by atoms with Gasteiger partial charge in [0.2, 0.25) is 5.91 Å². The van der Waals surface area contributed by atoms with Gasteiger partial charge in [0, 0.05) is 13.1 Å². The number of piperidine rings is 1. The second-order valence-corrected chi connectivity index (χ2v) is 7.06. The summed E-state index contributed by atoms with van der Waals surface area (Å²) in [5.41, 5.74) is 2.40. The summed E-state index contributed by atoms with van der Waals surface area (Å²) in [6.45, 7) is 4.84. The van der Waals surface area contributed by atoms with E-state index in [2.05, 4.69) is 34.5 Å². The van der Waals surface area contributed by atoms with Crippen LogP contribution in [0.15, 0.2) is 54.6 Å². The maximum atomic E-state index is 12.7. The van der Waals surface area contributed by atoms with Crippen LogP contribution in [0.3, 0.4) is 0 Å². The van der Waals surface area contributed by atoms with E-state index in [-0.39, 0.29) is 17.9 Å². The summed E-state index contributed by atoms with van der Waals surface area (Å²) < 4.78 is 5.19. The molecule has 3 rings (SSSR count). The van der Waals surface area contributed by atoms with Crippen molar-refractivity contribution in [1.82, 2.24) is 10.2 Å². The van der Waals surface area contributed by atoms with Gasteiger partial charge in [0.1, 0.15) is 5.75 Å². The van der Waals surface area contributed by atoms with E-state index in [1.165, 1.54) is 5.56 Å². The summed E-state index contributed by atoms with van der Waals surface area (Å²) in [5, 5.41) is 3.18. The van der Waals surface area contributed by atoms with E-state index in [9.17, 15) is 4.79 Å². The third-order valence-electron chi connectivity index (χ3n) is 5.10. The molecule has 0 aromatic heterocycles. The SMILES string of the molecule is COc1ccc([C@H](C)NC(=O)[C@@H]2CCCN(Cc3ccccc3)C2)cc1. The van der Waals surface area contributed by atoms with E-state index in [1.54, 1.807) is 7.11 Å². The molecule has 4 nitrogen and oxygen atoms in total. The van der Waals surface area contributed by atoms with Gasteiger partial charge in [-0.2, -0.15) is 0 Å². The molecule has 1 aliphatic heterocycles. The van der Waals surface area contributed by atoms with Crippen molar-refractivity contribution < 1.29 is 9.53 Å². The van der Waals surface area contributed by atoms with Gasteiger partial charge in [-0.05, 0) is 49.6 Å². The quantitative estimate of drug-likeness (QED) is 0.860. The highest BCUT2D eigenvalue weighted by Gasteiger charge is 2.26. The highest BCUT2D eigenvalue weighted by molar-refractivity contribution is 5.79. The lowest BCUT2D eigenvalue weighted by Crippen LogP contribution is -2.43. The molecule has 1 fully saturated rings. The van der Waals surface area contributed by atoms with Crippen molar-refractivity contribution in [3.8, 4) is 5.75 Å². The summed E-state index contributed by atoms with van der Waals surface area (Å²) in [6, 6.07) is 18.3. The number of amides is 1. The highest BCUT2D eigenvalue weighted by atomic mass is 16.5. The third kappa shape index (κ3) is 4.85. The first-order valence-electron chi connectivity index (χ1n) is 9.36. The fourth-order valence-corrected chi connectivity index (χ4v) is 3.56. The largest absolute Gasteiger partial charge is 0.497 e. The number of hydrogen-bond acceptors (Lipinski definition) is 3. The van der Waals surface area contributed by atoms with Gasteiger partial charge in [0.25, 0.3) is 0 Å². The lowest BCUT2D eigenvalue weighted by molar-refractivity contribution is -0.127. The number of carbonyl (C=O) groups excluding carboxylic acids is 1. The lowest BCUT2D eigenvalue weighted by atomic mass is 9.96. The molecular weight excluding hydrogens is 324 g/mol. The van der Waals surface area contributed by atoms with Crippen LogP contribution in [0.2, 0.25) is 0 Å². The van der Waals surface area contributed by atoms with Gasteiger partial charge >= 0.3 is 0 Å². The molecule has 138 valence electrons. The Balaban J connectivity index is 1.54. The minimum atomic E-state index is -0.00194. The van der Waals surface area contributed by atoms with Crippen molar-refractivity contribution in [2.75, 3.05) is 20.2 Å². The summed E-state index contributed by atoms with van der Waals surface area (Å²) >= 11 is 0. The van der Waals surface area contributed by atoms with Crippen molar-refractivity contribution in [3.05, 3.63) is 65.7 Å². The first-order valence-corrected chi connectivity index (χ1v) is 9.36. The molecule has 4 heteroatoms. The molecule has 26 heavy (non-hydrogen) atoms. The Bertz CT molecular complexity index is 700. The van der Waals surface area contributed by atoms with Gasteiger partial charge in [-0.1, -0.05) is 42.5 Å². The third-order valence-corrected chi connectivity index (χ3v) is 5.10. The van der Waals surface area contributed by atoms with Gasteiger partial charge in [0.15, 0.2) is 0 Å². The average molecular weight is 352 g/mol. The zero-order valence-electron chi connectivity index (χ0n) is 15.7. The molecule has 0 saturated carbocycles. The number of ether oxygens (including phenoxy) is 1. The number of benzene rings is 2. The number of rotatable bonds is 6. The molecule has 1 heterocycles. The molecule has 0 spiro atoms. The molecule has 0 bridgehead atoms. The Morgan fingerprint density at radius 1 is 1.19 bits per heavy atom. The number of carbonyl (C=O) groups is 1. The Morgan fingerprint density at radius 3 is 2.62 bits per heavy atom. The molecule has 0 aliphatic carbocycles. The van der Waals surface area contributed by atoms with Crippen LogP contribution in [-0.2, 0) is 11.3 Å². The first-order chi connectivity index (χ1) is 12.7. The maximum Gasteiger partial charge on any atom is 0.224 e. The standard InChI is InChI=1S/C22H28N2O2/c1-17(19-10-12-21(26-2)13-11-19)23-22(25)20-9-6-14-24(16-20)15-18-7-4-3-5-8-18/h3-5,7-8,10-13,17,20H,6,9,14-16H2,1-2H3,(H,23,25)/t17-,20+/m0/s1. The predicted octanol–water partition coefficient (Wildman–Crippen LogP) is 3.78. The van der Waals surface area contributed by atoms with Gasteiger partial charge < -0.3 is 10.1 Å². The molecular formula is C22H28N2O2. The Hall–Kier alpha value is -2.33. The smallest absolute Gasteiger partial charge is 0.224 e. The minimum Gasteiger partial charge on any atom is -0.497 e. The monoisotopic (exact) mass is 352 g/mol.